The lowest BCUT2D eigenvalue weighted by Crippen LogP contribution is -2.48. The van der Waals surface area contributed by atoms with Gasteiger partial charge in [0.05, 0.1) is 8.07 Å². The number of benzene rings is 2. The highest BCUT2D eigenvalue weighted by Gasteiger charge is 2.40. The lowest BCUT2D eigenvalue weighted by atomic mass is 9.86. The van der Waals surface area contributed by atoms with Gasteiger partial charge in [0.1, 0.15) is 12.4 Å². The highest BCUT2D eigenvalue weighted by molar-refractivity contribution is 6.92. The molecule has 0 saturated heterocycles. The number of hydrogen-bond donors (Lipinski definition) is 0. The molecule has 1 aliphatic rings. The molecule has 0 spiro atoms. The number of ether oxygens (including phenoxy) is 1. The first kappa shape index (κ1) is 20.0. The van der Waals surface area contributed by atoms with Gasteiger partial charge in [0.2, 0.25) is 0 Å². The van der Waals surface area contributed by atoms with E-state index in [9.17, 15) is 0 Å². The minimum atomic E-state index is -1.96. The van der Waals surface area contributed by atoms with E-state index < -0.39 is 8.07 Å². The zero-order chi connectivity index (χ0) is 19.8. The Bertz CT molecular complexity index is 890. The lowest BCUT2D eigenvalue weighted by Gasteiger charge is -2.34. The summed E-state index contributed by atoms with van der Waals surface area (Å²) >= 11 is 6.60. The second kappa shape index (κ2) is 7.33. The Kier molecular flexibility index (Phi) is 5.42. The molecular formula is C24H29ClOSi. The van der Waals surface area contributed by atoms with Crippen molar-refractivity contribution >= 4 is 30.9 Å². The van der Waals surface area contributed by atoms with E-state index in [-0.39, 0.29) is 5.41 Å². The SMILES string of the molecule is C=CCOc1c(C(C)(C)C)cc(Cl)cc1[Si](C)(C)C1C=Cc2ccccc21. The van der Waals surface area contributed by atoms with Crippen LogP contribution in [0.1, 0.15) is 43.0 Å². The maximum atomic E-state index is 6.60. The third-order valence-corrected chi connectivity index (χ3v) is 9.51. The van der Waals surface area contributed by atoms with E-state index in [0.717, 1.165) is 10.8 Å². The van der Waals surface area contributed by atoms with Gasteiger partial charge < -0.3 is 4.74 Å². The molecule has 3 rings (SSSR count). The monoisotopic (exact) mass is 396 g/mol. The summed E-state index contributed by atoms with van der Waals surface area (Å²) in [7, 11) is -1.96. The molecule has 0 heterocycles. The smallest absolute Gasteiger partial charge is 0.122 e. The van der Waals surface area contributed by atoms with Crippen LogP contribution in [0, 0.1) is 0 Å². The van der Waals surface area contributed by atoms with Crippen molar-refractivity contribution in [3.05, 3.63) is 76.8 Å². The molecule has 1 aliphatic carbocycles. The van der Waals surface area contributed by atoms with Gasteiger partial charge in [0, 0.05) is 16.1 Å². The van der Waals surface area contributed by atoms with E-state index in [0.29, 0.717) is 12.1 Å². The van der Waals surface area contributed by atoms with Crippen LogP contribution in [0.25, 0.3) is 6.08 Å². The number of allylic oxidation sites excluding steroid dienone is 1. The average Bonchev–Trinajstić information content (AvgIpc) is 3.04. The van der Waals surface area contributed by atoms with Crippen molar-refractivity contribution in [2.45, 2.75) is 44.8 Å². The summed E-state index contributed by atoms with van der Waals surface area (Å²) in [5, 5.41) is 2.07. The van der Waals surface area contributed by atoms with Gasteiger partial charge in [-0.1, -0.05) is 94.5 Å². The maximum absolute atomic E-state index is 6.60. The van der Waals surface area contributed by atoms with Crippen molar-refractivity contribution in [1.82, 2.24) is 0 Å². The topological polar surface area (TPSA) is 9.23 Å². The van der Waals surface area contributed by atoms with Crippen LogP contribution in [0.4, 0.5) is 0 Å². The quantitative estimate of drug-likeness (QED) is 0.415. The third kappa shape index (κ3) is 3.79. The van der Waals surface area contributed by atoms with E-state index in [1.54, 1.807) is 0 Å². The van der Waals surface area contributed by atoms with Gasteiger partial charge in [0.25, 0.3) is 0 Å². The molecule has 142 valence electrons. The molecule has 0 saturated carbocycles. The summed E-state index contributed by atoms with van der Waals surface area (Å²) in [5.74, 6) is 1.00. The molecule has 2 aromatic rings. The zero-order valence-corrected chi connectivity index (χ0v) is 18.7. The molecule has 0 N–H and O–H groups in total. The van der Waals surface area contributed by atoms with Crippen LogP contribution in [-0.2, 0) is 5.41 Å². The average molecular weight is 397 g/mol. The van der Waals surface area contributed by atoms with Gasteiger partial charge in [0.15, 0.2) is 0 Å². The van der Waals surface area contributed by atoms with Crippen LogP contribution in [0.5, 0.6) is 5.75 Å². The summed E-state index contributed by atoms with van der Waals surface area (Å²) in [5.41, 5.74) is 4.27. The Morgan fingerprint density at radius 1 is 1.19 bits per heavy atom. The lowest BCUT2D eigenvalue weighted by molar-refractivity contribution is 0.354. The van der Waals surface area contributed by atoms with Crippen LogP contribution in [0.3, 0.4) is 0 Å². The maximum Gasteiger partial charge on any atom is 0.122 e. The molecule has 0 amide bonds. The Balaban J connectivity index is 2.19. The molecule has 1 atom stereocenters. The van der Waals surface area contributed by atoms with Gasteiger partial charge in [-0.05, 0) is 33.9 Å². The van der Waals surface area contributed by atoms with Crippen LogP contribution >= 0.6 is 11.6 Å². The second-order valence-electron chi connectivity index (χ2n) is 8.87. The van der Waals surface area contributed by atoms with Crippen LogP contribution in [0.15, 0.2) is 55.1 Å². The van der Waals surface area contributed by atoms with Gasteiger partial charge in [-0.25, -0.2) is 0 Å². The summed E-state index contributed by atoms with van der Waals surface area (Å²) in [6, 6.07) is 12.9. The standard InChI is InChI=1S/C24H29ClOSi/c1-7-14-26-23-20(24(2,3)4)15-18(25)16-22(23)27(5,6)21-13-12-17-10-8-9-11-19(17)21/h7-13,15-16,21H,1,14H2,2-6H3. The van der Waals surface area contributed by atoms with Crippen LogP contribution in [-0.4, -0.2) is 14.7 Å². The highest BCUT2D eigenvalue weighted by Crippen LogP contribution is 2.40. The first-order valence-electron chi connectivity index (χ1n) is 9.51. The molecule has 0 aliphatic heterocycles. The molecule has 3 heteroatoms. The molecule has 0 bridgehead atoms. The minimum absolute atomic E-state index is 0.0515. The molecular weight excluding hydrogens is 368 g/mol. The van der Waals surface area contributed by atoms with E-state index in [1.165, 1.54) is 21.9 Å². The third-order valence-electron chi connectivity index (χ3n) is 5.48. The van der Waals surface area contributed by atoms with Gasteiger partial charge in [-0.15, -0.1) is 0 Å². The second-order valence-corrected chi connectivity index (χ2v) is 13.9. The predicted molar refractivity (Wildman–Crippen MR) is 121 cm³/mol. The Labute approximate surface area is 169 Å². The Morgan fingerprint density at radius 3 is 2.56 bits per heavy atom. The number of hydrogen-bond acceptors (Lipinski definition) is 1. The summed E-state index contributed by atoms with van der Waals surface area (Å²) in [6.45, 7) is 15.8. The molecule has 27 heavy (non-hydrogen) atoms. The normalized spacial score (nSPS) is 16.3. The van der Waals surface area contributed by atoms with Crippen molar-refractivity contribution in [3.63, 3.8) is 0 Å². The molecule has 1 nitrogen and oxygen atoms in total. The minimum Gasteiger partial charge on any atom is -0.489 e. The largest absolute Gasteiger partial charge is 0.489 e. The van der Waals surface area contributed by atoms with E-state index in [4.69, 9.17) is 16.3 Å². The van der Waals surface area contributed by atoms with E-state index in [1.807, 2.05) is 6.08 Å². The highest BCUT2D eigenvalue weighted by atomic mass is 35.5. The van der Waals surface area contributed by atoms with Crippen molar-refractivity contribution in [2.75, 3.05) is 6.61 Å². The van der Waals surface area contributed by atoms with Crippen LogP contribution in [0.2, 0.25) is 18.1 Å². The summed E-state index contributed by atoms with van der Waals surface area (Å²) in [4.78, 5) is 0. The zero-order valence-electron chi connectivity index (χ0n) is 17.0. The molecule has 2 aromatic carbocycles. The number of fused-ring (bicyclic) bond motifs is 1. The fraction of sp³-hybridized carbons (Fsp3) is 0.333. The summed E-state index contributed by atoms with van der Waals surface area (Å²) < 4.78 is 6.27. The van der Waals surface area contributed by atoms with Crippen molar-refractivity contribution in [2.24, 2.45) is 0 Å². The number of halogens is 1. The van der Waals surface area contributed by atoms with Gasteiger partial charge in [-0.2, -0.15) is 0 Å². The van der Waals surface area contributed by atoms with E-state index in [2.05, 4.69) is 89.0 Å². The van der Waals surface area contributed by atoms with Crippen molar-refractivity contribution in [3.8, 4) is 5.75 Å². The summed E-state index contributed by atoms with van der Waals surface area (Å²) in [6.07, 6.45) is 6.43. The molecule has 1 unspecified atom stereocenters. The van der Waals surface area contributed by atoms with Crippen LogP contribution < -0.4 is 9.92 Å². The van der Waals surface area contributed by atoms with Crippen molar-refractivity contribution in [1.29, 1.82) is 0 Å². The molecule has 0 fully saturated rings. The fourth-order valence-electron chi connectivity index (χ4n) is 3.97. The Hall–Kier alpha value is -1.77. The Morgan fingerprint density at radius 2 is 1.89 bits per heavy atom. The van der Waals surface area contributed by atoms with Gasteiger partial charge >= 0.3 is 0 Å². The van der Waals surface area contributed by atoms with Crippen molar-refractivity contribution < 1.29 is 4.74 Å². The van der Waals surface area contributed by atoms with Gasteiger partial charge in [-0.3, -0.25) is 0 Å². The first-order chi connectivity index (χ1) is 12.7. The molecule has 0 radical (unpaired) electrons. The first-order valence-corrected chi connectivity index (χ1v) is 13.0. The fourth-order valence-corrected chi connectivity index (χ4v) is 7.56. The van der Waals surface area contributed by atoms with E-state index >= 15 is 0 Å². The number of rotatable bonds is 5. The predicted octanol–water partition coefficient (Wildman–Crippen LogP) is 6.47. The molecule has 0 aromatic heterocycles.